The molecule has 0 spiro atoms. The number of nitrogens with zero attached hydrogens (tertiary/aromatic N) is 1. The molecule has 4 amide bonds. The van der Waals surface area contributed by atoms with E-state index in [-0.39, 0.29) is 37.0 Å². The first-order valence-corrected chi connectivity index (χ1v) is 14.8. The molecule has 228 valence electrons. The van der Waals surface area contributed by atoms with Crippen molar-refractivity contribution in [1.29, 1.82) is 0 Å². The van der Waals surface area contributed by atoms with Gasteiger partial charge in [-0.1, -0.05) is 57.0 Å². The number of carbonyl (C=O) groups is 4. The maximum Gasteiger partial charge on any atom is 0.255 e. The quantitative estimate of drug-likeness (QED) is 0.432. The number of amides is 4. The Labute approximate surface area is 248 Å². The molecular formula is C32H44N4O6. The van der Waals surface area contributed by atoms with Crippen molar-refractivity contribution in [3.05, 3.63) is 60.2 Å². The van der Waals surface area contributed by atoms with Crippen molar-refractivity contribution in [2.45, 2.75) is 64.5 Å². The molecule has 2 aromatic rings. The lowest BCUT2D eigenvalue weighted by Gasteiger charge is -2.27. The number of hydrogen-bond donors (Lipinski definition) is 3. The van der Waals surface area contributed by atoms with Gasteiger partial charge < -0.3 is 30.3 Å². The Bertz CT molecular complexity index is 1170. The van der Waals surface area contributed by atoms with Gasteiger partial charge in [0.25, 0.3) is 5.91 Å². The van der Waals surface area contributed by atoms with E-state index in [1.807, 2.05) is 44.2 Å². The van der Waals surface area contributed by atoms with Crippen LogP contribution in [0.3, 0.4) is 0 Å². The molecule has 3 N–H and O–H groups in total. The molecular weight excluding hydrogens is 536 g/mol. The molecule has 0 fully saturated rings. The van der Waals surface area contributed by atoms with E-state index in [9.17, 15) is 19.2 Å². The molecule has 0 aromatic heterocycles. The second-order valence-electron chi connectivity index (χ2n) is 11.0. The van der Waals surface area contributed by atoms with E-state index in [2.05, 4.69) is 16.0 Å². The highest BCUT2D eigenvalue weighted by Gasteiger charge is 2.29. The minimum Gasteiger partial charge on any atom is -0.493 e. The molecule has 0 aliphatic carbocycles. The Hall–Kier alpha value is -4.08. The van der Waals surface area contributed by atoms with Crippen LogP contribution in [0, 0.1) is 5.92 Å². The van der Waals surface area contributed by atoms with Gasteiger partial charge in [-0.15, -0.1) is 0 Å². The number of para-hydroxylation sites is 2. The Morgan fingerprint density at radius 2 is 1.71 bits per heavy atom. The standard InChI is InChI=1S/C32H44N4O6/c1-23(2)21-27-32(40)36(3)18-11-4-5-12-19-42-28-16-10-9-15-25(28)30(38)35-26(22-29(37)34-27)31(39)33-17-20-41-24-13-7-6-8-14-24/h6-10,13-16,23,26-27H,4-5,11-12,17-22H2,1-3H3,(H,33,39)(H,34,37)(H,35,38)/t26-,27-/m0/s1. The third kappa shape index (κ3) is 10.7. The fraction of sp³-hybridized carbons (Fsp3) is 0.500. The number of benzene rings is 2. The van der Waals surface area contributed by atoms with E-state index < -0.39 is 29.8 Å². The van der Waals surface area contributed by atoms with Crippen LogP contribution in [0.1, 0.15) is 62.7 Å². The van der Waals surface area contributed by atoms with Gasteiger partial charge in [-0.05, 0) is 49.4 Å². The summed E-state index contributed by atoms with van der Waals surface area (Å²) in [6.07, 6.45) is 3.59. The monoisotopic (exact) mass is 580 g/mol. The van der Waals surface area contributed by atoms with Crippen LogP contribution in [0.4, 0.5) is 0 Å². The fourth-order valence-electron chi connectivity index (χ4n) is 4.70. The van der Waals surface area contributed by atoms with Crippen LogP contribution in [-0.2, 0) is 14.4 Å². The molecule has 42 heavy (non-hydrogen) atoms. The lowest BCUT2D eigenvalue weighted by atomic mass is 10.0. The van der Waals surface area contributed by atoms with Crippen molar-refractivity contribution >= 4 is 23.6 Å². The van der Waals surface area contributed by atoms with Crippen LogP contribution >= 0.6 is 0 Å². The van der Waals surface area contributed by atoms with Crippen molar-refractivity contribution in [2.75, 3.05) is 33.4 Å². The van der Waals surface area contributed by atoms with Crippen molar-refractivity contribution in [3.8, 4) is 11.5 Å². The summed E-state index contributed by atoms with van der Waals surface area (Å²) in [5, 5.41) is 8.29. The van der Waals surface area contributed by atoms with Gasteiger partial charge in [0.1, 0.15) is 30.2 Å². The molecule has 2 atom stereocenters. The summed E-state index contributed by atoms with van der Waals surface area (Å²) in [6, 6.07) is 14.1. The molecule has 1 heterocycles. The smallest absolute Gasteiger partial charge is 0.255 e. The molecule has 10 heteroatoms. The molecule has 0 unspecified atom stereocenters. The molecule has 2 aromatic carbocycles. The highest BCUT2D eigenvalue weighted by molar-refractivity contribution is 6.01. The summed E-state index contributed by atoms with van der Waals surface area (Å²) in [4.78, 5) is 54.7. The lowest BCUT2D eigenvalue weighted by Crippen LogP contribution is -2.52. The molecule has 0 radical (unpaired) electrons. The number of ether oxygens (including phenoxy) is 2. The number of fused-ring (bicyclic) bond motifs is 1. The summed E-state index contributed by atoms with van der Waals surface area (Å²) < 4.78 is 11.6. The van der Waals surface area contributed by atoms with E-state index in [0.29, 0.717) is 31.1 Å². The topological polar surface area (TPSA) is 126 Å². The van der Waals surface area contributed by atoms with E-state index >= 15 is 0 Å². The van der Waals surface area contributed by atoms with Gasteiger partial charge in [0.2, 0.25) is 17.7 Å². The van der Waals surface area contributed by atoms with Crippen LogP contribution < -0.4 is 25.4 Å². The van der Waals surface area contributed by atoms with E-state index in [4.69, 9.17) is 9.47 Å². The summed E-state index contributed by atoms with van der Waals surface area (Å²) in [5.74, 6) is -0.504. The van der Waals surface area contributed by atoms with E-state index in [1.54, 1.807) is 36.2 Å². The van der Waals surface area contributed by atoms with Crippen LogP contribution in [-0.4, -0.2) is 74.0 Å². The SMILES string of the molecule is CC(C)C[C@@H]1NC(=O)C[C@@H](C(=O)NCCOc2ccccc2)NC(=O)c2ccccc2OCCCCCCN(C)C1=O. The zero-order valence-corrected chi connectivity index (χ0v) is 24.9. The van der Waals surface area contributed by atoms with Gasteiger partial charge in [-0.3, -0.25) is 19.2 Å². The normalized spacial score (nSPS) is 19.4. The second kappa shape index (κ2) is 17.0. The number of rotatable bonds is 7. The average Bonchev–Trinajstić information content (AvgIpc) is 2.97. The maximum atomic E-state index is 13.4. The number of hydrogen-bond acceptors (Lipinski definition) is 6. The summed E-state index contributed by atoms with van der Waals surface area (Å²) >= 11 is 0. The molecule has 0 saturated carbocycles. The largest absolute Gasteiger partial charge is 0.493 e. The van der Waals surface area contributed by atoms with Crippen molar-refractivity contribution in [3.63, 3.8) is 0 Å². The van der Waals surface area contributed by atoms with Gasteiger partial charge in [-0.2, -0.15) is 0 Å². The van der Waals surface area contributed by atoms with E-state index in [1.165, 1.54) is 0 Å². The molecule has 1 aliphatic heterocycles. The van der Waals surface area contributed by atoms with Crippen molar-refractivity contribution in [2.24, 2.45) is 5.92 Å². The Morgan fingerprint density at radius 1 is 1.00 bits per heavy atom. The van der Waals surface area contributed by atoms with Gasteiger partial charge in [0.15, 0.2) is 0 Å². The third-order valence-corrected chi connectivity index (χ3v) is 6.92. The number of likely N-dealkylation sites (N-methyl/N-ethyl adjacent to an activating group) is 1. The molecule has 1 aliphatic rings. The van der Waals surface area contributed by atoms with Gasteiger partial charge in [-0.25, -0.2) is 0 Å². The van der Waals surface area contributed by atoms with E-state index in [0.717, 1.165) is 25.7 Å². The van der Waals surface area contributed by atoms with Crippen molar-refractivity contribution in [1.82, 2.24) is 20.9 Å². The number of carbonyl (C=O) groups excluding carboxylic acids is 4. The summed E-state index contributed by atoms with van der Waals surface area (Å²) in [6.45, 7) is 5.36. The average molecular weight is 581 g/mol. The van der Waals surface area contributed by atoms with Crippen LogP contribution in [0.2, 0.25) is 0 Å². The highest BCUT2D eigenvalue weighted by Crippen LogP contribution is 2.19. The Balaban J connectivity index is 1.78. The van der Waals surface area contributed by atoms with Crippen LogP contribution in [0.25, 0.3) is 0 Å². The van der Waals surface area contributed by atoms with Gasteiger partial charge in [0.05, 0.1) is 25.1 Å². The first kappa shape index (κ1) is 32.4. The van der Waals surface area contributed by atoms with Crippen molar-refractivity contribution < 1.29 is 28.7 Å². The summed E-state index contributed by atoms with van der Waals surface area (Å²) in [5.41, 5.74) is 0.277. The molecule has 10 nitrogen and oxygen atoms in total. The predicted molar refractivity (Wildman–Crippen MR) is 160 cm³/mol. The van der Waals surface area contributed by atoms with Gasteiger partial charge in [0, 0.05) is 13.6 Å². The lowest BCUT2D eigenvalue weighted by molar-refractivity contribution is -0.136. The van der Waals surface area contributed by atoms with Crippen LogP contribution in [0.5, 0.6) is 11.5 Å². The minimum absolute atomic E-state index is 0.158. The summed E-state index contributed by atoms with van der Waals surface area (Å²) in [7, 11) is 1.74. The zero-order valence-electron chi connectivity index (χ0n) is 24.9. The first-order valence-electron chi connectivity index (χ1n) is 14.8. The molecule has 3 rings (SSSR count). The number of nitrogens with one attached hydrogen (secondary N) is 3. The molecule has 0 saturated heterocycles. The van der Waals surface area contributed by atoms with Gasteiger partial charge >= 0.3 is 0 Å². The third-order valence-electron chi connectivity index (χ3n) is 6.92. The predicted octanol–water partition coefficient (Wildman–Crippen LogP) is 3.31. The Kier molecular flexibility index (Phi) is 13.1. The molecule has 0 bridgehead atoms. The first-order chi connectivity index (χ1) is 20.2. The fourth-order valence-corrected chi connectivity index (χ4v) is 4.70. The Morgan fingerprint density at radius 3 is 2.48 bits per heavy atom. The minimum atomic E-state index is -1.19. The zero-order chi connectivity index (χ0) is 30.3. The maximum absolute atomic E-state index is 13.4. The van der Waals surface area contributed by atoms with Crippen LogP contribution in [0.15, 0.2) is 54.6 Å². The highest BCUT2D eigenvalue weighted by atomic mass is 16.5. The second-order valence-corrected chi connectivity index (χ2v) is 11.0.